The summed E-state index contributed by atoms with van der Waals surface area (Å²) in [5.74, 6) is -0.151. The molecule has 4 heterocycles. The van der Waals surface area contributed by atoms with Crippen LogP contribution in [0.3, 0.4) is 0 Å². The van der Waals surface area contributed by atoms with Crippen LogP contribution in [0.1, 0.15) is 27.9 Å². The van der Waals surface area contributed by atoms with Crippen molar-refractivity contribution in [1.29, 1.82) is 0 Å². The summed E-state index contributed by atoms with van der Waals surface area (Å²) in [6.45, 7) is 0.384. The van der Waals surface area contributed by atoms with Crippen molar-refractivity contribution in [3.8, 4) is 11.1 Å². The second-order valence-corrected chi connectivity index (χ2v) is 7.94. The number of aromatic nitrogens is 4. The van der Waals surface area contributed by atoms with E-state index in [0.29, 0.717) is 13.0 Å². The summed E-state index contributed by atoms with van der Waals surface area (Å²) in [6, 6.07) is 19.2. The largest absolute Gasteiger partial charge is 0.346 e. The number of aryl methyl sites for hydroxylation is 1. The van der Waals surface area contributed by atoms with Gasteiger partial charge in [0.05, 0.1) is 12.1 Å². The SMILES string of the molecule is O=C(CCc1cccc(-c2c[nH]c3ncccc23)c1)c1cccn(Cc2cccnc2)c1=O. The molecule has 5 aromatic rings. The number of Topliss-reactive ketones (excluding diaryl/α,β-unsaturated/α-hetero) is 1. The molecule has 0 fully saturated rings. The van der Waals surface area contributed by atoms with E-state index in [1.807, 2.05) is 42.6 Å². The van der Waals surface area contributed by atoms with E-state index in [0.717, 1.165) is 33.3 Å². The lowest BCUT2D eigenvalue weighted by molar-refractivity contribution is 0.0981. The summed E-state index contributed by atoms with van der Waals surface area (Å²) in [4.78, 5) is 37.4. The molecule has 0 spiro atoms. The van der Waals surface area contributed by atoms with Crippen LogP contribution < -0.4 is 5.56 Å². The summed E-state index contributed by atoms with van der Waals surface area (Å²) in [7, 11) is 0. The van der Waals surface area contributed by atoms with Crippen LogP contribution in [0.15, 0.2) is 96.4 Å². The third-order valence-corrected chi connectivity index (χ3v) is 5.73. The van der Waals surface area contributed by atoms with Crippen LogP contribution in [0.5, 0.6) is 0 Å². The van der Waals surface area contributed by atoms with Crippen molar-refractivity contribution in [2.45, 2.75) is 19.4 Å². The quantitative estimate of drug-likeness (QED) is 0.378. The summed E-state index contributed by atoms with van der Waals surface area (Å²) >= 11 is 0. The third kappa shape index (κ3) is 4.36. The second kappa shape index (κ2) is 9.04. The molecule has 0 aliphatic heterocycles. The number of rotatable bonds is 7. The summed E-state index contributed by atoms with van der Waals surface area (Å²) in [5, 5.41) is 1.06. The Morgan fingerprint density at radius 1 is 0.970 bits per heavy atom. The Bertz CT molecular complexity index is 1490. The molecule has 0 amide bonds. The highest BCUT2D eigenvalue weighted by molar-refractivity contribution is 5.96. The van der Waals surface area contributed by atoms with Crippen molar-refractivity contribution in [2.75, 3.05) is 0 Å². The molecule has 1 N–H and O–H groups in total. The van der Waals surface area contributed by atoms with Gasteiger partial charge in [0.15, 0.2) is 5.78 Å². The predicted octanol–water partition coefficient (Wildman–Crippen LogP) is 4.65. The van der Waals surface area contributed by atoms with Crippen LogP contribution in [-0.2, 0) is 13.0 Å². The monoisotopic (exact) mass is 434 g/mol. The van der Waals surface area contributed by atoms with Gasteiger partial charge < -0.3 is 9.55 Å². The fourth-order valence-electron chi connectivity index (χ4n) is 4.04. The zero-order valence-electron chi connectivity index (χ0n) is 17.9. The number of H-pyrrole nitrogens is 1. The van der Waals surface area contributed by atoms with E-state index in [2.05, 4.69) is 27.1 Å². The summed E-state index contributed by atoms with van der Waals surface area (Å²) in [5.41, 5.74) is 4.90. The standard InChI is InChI=1S/C27H22N4O2/c32-25(23-9-4-14-31(27(23)33)18-20-6-2-12-28-16-20)11-10-19-5-1-7-21(15-19)24-17-30-26-22(24)8-3-13-29-26/h1-9,12-17H,10-11,18H2,(H,29,30). The first-order valence-electron chi connectivity index (χ1n) is 10.8. The number of carbonyl (C=O) groups excluding carboxylic acids is 1. The van der Waals surface area contributed by atoms with Gasteiger partial charge in [-0.1, -0.05) is 30.3 Å². The molecular formula is C27H22N4O2. The number of hydrogen-bond donors (Lipinski definition) is 1. The van der Waals surface area contributed by atoms with Crippen LogP contribution in [0.2, 0.25) is 0 Å². The lowest BCUT2D eigenvalue weighted by Gasteiger charge is -2.08. The van der Waals surface area contributed by atoms with Gasteiger partial charge >= 0.3 is 0 Å². The van der Waals surface area contributed by atoms with Crippen molar-refractivity contribution in [1.82, 2.24) is 19.5 Å². The maximum atomic E-state index is 12.9. The first kappa shape index (κ1) is 20.6. The van der Waals surface area contributed by atoms with Gasteiger partial charge in [0.25, 0.3) is 5.56 Å². The highest BCUT2D eigenvalue weighted by Crippen LogP contribution is 2.28. The molecule has 0 saturated heterocycles. The molecule has 0 aliphatic rings. The molecule has 5 rings (SSSR count). The summed E-state index contributed by atoms with van der Waals surface area (Å²) in [6.07, 6.45) is 9.66. The minimum Gasteiger partial charge on any atom is -0.346 e. The molecule has 4 aromatic heterocycles. The van der Waals surface area contributed by atoms with Gasteiger partial charge in [-0.05, 0) is 53.4 Å². The van der Waals surface area contributed by atoms with Crippen molar-refractivity contribution in [3.05, 3.63) is 119 Å². The van der Waals surface area contributed by atoms with Crippen molar-refractivity contribution >= 4 is 16.8 Å². The van der Waals surface area contributed by atoms with Crippen LogP contribution in [0, 0.1) is 0 Å². The number of carbonyl (C=O) groups is 1. The zero-order valence-corrected chi connectivity index (χ0v) is 17.9. The Hall–Kier alpha value is -4.32. The Balaban J connectivity index is 1.32. The molecule has 6 nitrogen and oxygen atoms in total. The number of aromatic amines is 1. The average Bonchev–Trinajstić information content (AvgIpc) is 3.29. The van der Waals surface area contributed by atoms with E-state index < -0.39 is 0 Å². The Labute approximate surface area is 190 Å². The van der Waals surface area contributed by atoms with Gasteiger partial charge in [0.1, 0.15) is 5.65 Å². The molecule has 0 radical (unpaired) electrons. The number of benzene rings is 1. The molecule has 6 heteroatoms. The molecule has 162 valence electrons. The fourth-order valence-corrected chi connectivity index (χ4v) is 4.04. The first-order chi connectivity index (χ1) is 16.2. The van der Waals surface area contributed by atoms with Crippen LogP contribution in [0.4, 0.5) is 0 Å². The zero-order chi connectivity index (χ0) is 22.6. The van der Waals surface area contributed by atoms with Crippen molar-refractivity contribution in [3.63, 3.8) is 0 Å². The lowest BCUT2D eigenvalue weighted by atomic mass is 9.99. The van der Waals surface area contributed by atoms with Crippen molar-refractivity contribution in [2.24, 2.45) is 0 Å². The number of nitrogens with one attached hydrogen (secondary N) is 1. The molecule has 0 aliphatic carbocycles. The maximum Gasteiger partial charge on any atom is 0.261 e. The topological polar surface area (TPSA) is 80.6 Å². The molecule has 33 heavy (non-hydrogen) atoms. The highest BCUT2D eigenvalue weighted by Gasteiger charge is 2.13. The minimum atomic E-state index is -0.272. The maximum absolute atomic E-state index is 12.9. The smallest absolute Gasteiger partial charge is 0.261 e. The van der Waals surface area contributed by atoms with E-state index in [9.17, 15) is 9.59 Å². The van der Waals surface area contributed by atoms with Gasteiger partial charge in [-0.3, -0.25) is 14.6 Å². The number of nitrogens with zero attached hydrogens (tertiary/aromatic N) is 3. The van der Waals surface area contributed by atoms with Crippen molar-refractivity contribution < 1.29 is 4.79 Å². The predicted molar refractivity (Wildman–Crippen MR) is 128 cm³/mol. The van der Waals surface area contributed by atoms with Gasteiger partial charge in [0.2, 0.25) is 0 Å². The summed E-state index contributed by atoms with van der Waals surface area (Å²) < 4.78 is 1.55. The molecular weight excluding hydrogens is 412 g/mol. The normalized spacial score (nSPS) is 11.0. The number of hydrogen-bond acceptors (Lipinski definition) is 4. The van der Waals surface area contributed by atoms with Gasteiger partial charge in [-0.25, -0.2) is 4.98 Å². The van der Waals surface area contributed by atoms with Gasteiger partial charge in [0, 0.05) is 48.4 Å². The van der Waals surface area contributed by atoms with Crippen LogP contribution in [-0.4, -0.2) is 25.3 Å². The molecule has 0 atom stereocenters. The first-order valence-corrected chi connectivity index (χ1v) is 10.8. The Morgan fingerprint density at radius 2 is 1.85 bits per heavy atom. The second-order valence-electron chi connectivity index (χ2n) is 7.94. The average molecular weight is 434 g/mol. The van der Waals surface area contributed by atoms with E-state index in [4.69, 9.17) is 0 Å². The molecule has 0 saturated carbocycles. The molecule has 0 bridgehead atoms. The van der Waals surface area contributed by atoms with Crippen LogP contribution >= 0.6 is 0 Å². The number of pyridine rings is 3. The van der Waals surface area contributed by atoms with E-state index in [1.54, 1.807) is 41.5 Å². The van der Waals surface area contributed by atoms with E-state index in [1.165, 1.54) is 0 Å². The van der Waals surface area contributed by atoms with Gasteiger partial charge in [-0.2, -0.15) is 0 Å². The fraction of sp³-hybridized carbons (Fsp3) is 0.111. The van der Waals surface area contributed by atoms with E-state index >= 15 is 0 Å². The van der Waals surface area contributed by atoms with Gasteiger partial charge in [-0.15, -0.1) is 0 Å². The number of ketones is 1. The Morgan fingerprint density at radius 3 is 2.73 bits per heavy atom. The molecule has 1 aromatic carbocycles. The van der Waals surface area contributed by atoms with E-state index in [-0.39, 0.29) is 23.3 Å². The lowest BCUT2D eigenvalue weighted by Crippen LogP contribution is -2.26. The molecule has 0 unspecified atom stereocenters. The van der Waals surface area contributed by atoms with Crippen LogP contribution in [0.25, 0.3) is 22.2 Å². The highest BCUT2D eigenvalue weighted by atomic mass is 16.1. The Kier molecular flexibility index (Phi) is 5.64. The number of fused-ring (bicyclic) bond motifs is 1. The third-order valence-electron chi connectivity index (χ3n) is 5.73. The minimum absolute atomic E-state index is 0.151.